The van der Waals surface area contributed by atoms with Crippen molar-refractivity contribution in [3.05, 3.63) is 36.1 Å². The summed E-state index contributed by atoms with van der Waals surface area (Å²) in [7, 11) is 0. The number of hydrogen-bond donors (Lipinski definition) is 1. The van der Waals surface area contributed by atoms with Crippen LogP contribution in [0, 0.1) is 5.92 Å². The highest BCUT2D eigenvalue weighted by molar-refractivity contribution is 6.20. The molecular formula is C16H18ClNO2. The second-order valence-electron chi connectivity index (χ2n) is 5.42. The third kappa shape index (κ3) is 2.68. The van der Waals surface area contributed by atoms with E-state index >= 15 is 0 Å². The number of alkyl halides is 1. The zero-order valence-corrected chi connectivity index (χ0v) is 12.0. The van der Waals surface area contributed by atoms with E-state index in [9.17, 15) is 4.79 Å². The molecule has 106 valence electrons. The molecule has 2 unspecified atom stereocenters. The minimum Gasteiger partial charge on any atom is -0.463 e. The van der Waals surface area contributed by atoms with Crippen LogP contribution in [0.4, 0.5) is 0 Å². The van der Waals surface area contributed by atoms with E-state index in [4.69, 9.17) is 16.0 Å². The molecule has 1 amide bonds. The van der Waals surface area contributed by atoms with E-state index < -0.39 is 0 Å². The van der Waals surface area contributed by atoms with Gasteiger partial charge < -0.3 is 9.73 Å². The van der Waals surface area contributed by atoms with Gasteiger partial charge in [0.15, 0.2) is 0 Å². The molecule has 1 aromatic carbocycles. The lowest BCUT2D eigenvalue weighted by atomic mass is 9.88. The second kappa shape index (κ2) is 5.88. The summed E-state index contributed by atoms with van der Waals surface area (Å²) in [5.41, 5.74) is 1.34. The number of carbonyl (C=O) groups excluding carboxylic acids is 1. The number of halogens is 1. The highest BCUT2D eigenvalue weighted by Crippen LogP contribution is 2.28. The van der Waals surface area contributed by atoms with Crippen molar-refractivity contribution in [2.45, 2.75) is 31.1 Å². The zero-order chi connectivity index (χ0) is 13.9. The molecule has 2 atom stereocenters. The predicted octanol–water partition coefficient (Wildman–Crippen LogP) is 3.96. The molecule has 0 saturated heterocycles. The first kappa shape index (κ1) is 13.5. The smallest absolute Gasteiger partial charge is 0.255 e. The van der Waals surface area contributed by atoms with Gasteiger partial charge in [-0.05, 0) is 24.8 Å². The van der Waals surface area contributed by atoms with Crippen molar-refractivity contribution in [3.63, 3.8) is 0 Å². The first-order valence-corrected chi connectivity index (χ1v) is 7.58. The molecule has 0 aliphatic heterocycles. The van der Waals surface area contributed by atoms with Gasteiger partial charge in [-0.15, -0.1) is 11.6 Å². The molecule has 0 bridgehead atoms. The first-order chi connectivity index (χ1) is 9.75. The number of nitrogens with one attached hydrogen (secondary N) is 1. The summed E-state index contributed by atoms with van der Waals surface area (Å²) < 4.78 is 5.40. The fraction of sp³-hybridized carbons (Fsp3) is 0.438. The third-order valence-corrected chi connectivity index (χ3v) is 4.64. The van der Waals surface area contributed by atoms with Gasteiger partial charge in [-0.1, -0.05) is 31.0 Å². The number of furan rings is 1. The van der Waals surface area contributed by atoms with Crippen molar-refractivity contribution in [2.75, 3.05) is 6.54 Å². The number of rotatable bonds is 3. The maximum Gasteiger partial charge on any atom is 0.255 e. The summed E-state index contributed by atoms with van der Waals surface area (Å²) in [6.07, 6.45) is 6.08. The Morgan fingerprint density at radius 1 is 1.30 bits per heavy atom. The SMILES string of the molecule is O=C(NCC1CCCCC1Cl)c1coc2ccccc12. The number of para-hydroxylation sites is 1. The van der Waals surface area contributed by atoms with E-state index in [-0.39, 0.29) is 11.3 Å². The Labute approximate surface area is 123 Å². The third-order valence-electron chi connectivity index (χ3n) is 4.07. The largest absolute Gasteiger partial charge is 0.463 e. The molecule has 1 aliphatic carbocycles. The van der Waals surface area contributed by atoms with Crippen LogP contribution in [0.15, 0.2) is 34.9 Å². The predicted molar refractivity (Wildman–Crippen MR) is 80.1 cm³/mol. The van der Waals surface area contributed by atoms with Crippen molar-refractivity contribution in [3.8, 4) is 0 Å². The Morgan fingerprint density at radius 2 is 2.10 bits per heavy atom. The summed E-state index contributed by atoms with van der Waals surface area (Å²) in [5, 5.41) is 4.04. The molecule has 0 radical (unpaired) electrons. The Morgan fingerprint density at radius 3 is 2.95 bits per heavy atom. The van der Waals surface area contributed by atoms with Crippen LogP contribution >= 0.6 is 11.6 Å². The van der Waals surface area contributed by atoms with Crippen LogP contribution < -0.4 is 5.32 Å². The van der Waals surface area contributed by atoms with Crippen LogP contribution in [0.5, 0.6) is 0 Å². The van der Waals surface area contributed by atoms with E-state index in [1.807, 2.05) is 24.3 Å². The van der Waals surface area contributed by atoms with Gasteiger partial charge in [-0.25, -0.2) is 0 Å². The van der Waals surface area contributed by atoms with Gasteiger partial charge >= 0.3 is 0 Å². The number of amides is 1. The van der Waals surface area contributed by atoms with Crippen molar-refractivity contribution < 1.29 is 9.21 Å². The minimum atomic E-state index is -0.0793. The van der Waals surface area contributed by atoms with Gasteiger partial charge in [0.05, 0.1) is 5.56 Å². The molecule has 3 rings (SSSR count). The lowest BCUT2D eigenvalue weighted by Crippen LogP contribution is -2.34. The van der Waals surface area contributed by atoms with E-state index in [0.717, 1.165) is 23.8 Å². The van der Waals surface area contributed by atoms with Crippen molar-refractivity contribution in [2.24, 2.45) is 5.92 Å². The summed E-state index contributed by atoms with van der Waals surface area (Å²) in [6.45, 7) is 0.645. The van der Waals surface area contributed by atoms with Gasteiger partial charge in [0, 0.05) is 17.3 Å². The molecule has 0 spiro atoms. The highest BCUT2D eigenvalue weighted by atomic mass is 35.5. The molecule has 3 nitrogen and oxygen atoms in total. The molecular weight excluding hydrogens is 274 g/mol. The Bertz CT molecular complexity index is 607. The lowest BCUT2D eigenvalue weighted by molar-refractivity contribution is 0.0945. The van der Waals surface area contributed by atoms with Crippen LogP contribution in [0.2, 0.25) is 0 Å². The zero-order valence-electron chi connectivity index (χ0n) is 11.3. The average molecular weight is 292 g/mol. The summed E-state index contributed by atoms with van der Waals surface area (Å²) >= 11 is 6.32. The monoisotopic (exact) mass is 291 g/mol. The molecule has 1 fully saturated rings. The molecule has 4 heteroatoms. The lowest BCUT2D eigenvalue weighted by Gasteiger charge is -2.26. The number of fused-ring (bicyclic) bond motifs is 1. The van der Waals surface area contributed by atoms with E-state index in [0.29, 0.717) is 18.0 Å². The van der Waals surface area contributed by atoms with E-state index in [1.165, 1.54) is 19.1 Å². The van der Waals surface area contributed by atoms with E-state index in [2.05, 4.69) is 5.32 Å². The molecule has 1 aliphatic rings. The molecule has 1 aromatic heterocycles. The van der Waals surface area contributed by atoms with Crippen LogP contribution in [-0.4, -0.2) is 17.8 Å². The minimum absolute atomic E-state index is 0.0793. The highest BCUT2D eigenvalue weighted by Gasteiger charge is 2.24. The average Bonchev–Trinajstić information content (AvgIpc) is 2.90. The summed E-state index contributed by atoms with van der Waals surface area (Å²) in [6, 6.07) is 7.57. The fourth-order valence-corrected chi connectivity index (χ4v) is 3.23. The standard InChI is InChI=1S/C16H18ClNO2/c17-14-7-3-1-5-11(14)9-18-16(19)13-10-20-15-8-4-2-6-12(13)15/h2,4,6,8,10-11,14H,1,3,5,7,9H2,(H,18,19). The number of carbonyl (C=O) groups is 1. The van der Waals surface area contributed by atoms with Crippen molar-refractivity contribution in [1.29, 1.82) is 0 Å². The van der Waals surface area contributed by atoms with Crippen LogP contribution in [0.1, 0.15) is 36.0 Å². The summed E-state index contributed by atoms with van der Waals surface area (Å²) in [4.78, 5) is 12.3. The molecule has 1 saturated carbocycles. The number of hydrogen-bond acceptors (Lipinski definition) is 2. The molecule has 1 N–H and O–H groups in total. The quantitative estimate of drug-likeness (QED) is 0.870. The second-order valence-corrected chi connectivity index (χ2v) is 5.98. The Hall–Kier alpha value is -1.48. The van der Waals surface area contributed by atoms with Crippen molar-refractivity contribution in [1.82, 2.24) is 5.32 Å². The van der Waals surface area contributed by atoms with Gasteiger partial charge in [0.2, 0.25) is 0 Å². The molecule has 2 aromatic rings. The topological polar surface area (TPSA) is 42.2 Å². The van der Waals surface area contributed by atoms with E-state index in [1.54, 1.807) is 0 Å². The fourth-order valence-electron chi connectivity index (χ4n) is 2.87. The Kier molecular flexibility index (Phi) is 3.97. The van der Waals surface area contributed by atoms with Gasteiger partial charge in [-0.2, -0.15) is 0 Å². The Balaban J connectivity index is 1.67. The maximum absolute atomic E-state index is 12.3. The molecule has 20 heavy (non-hydrogen) atoms. The van der Waals surface area contributed by atoms with Gasteiger partial charge in [-0.3, -0.25) is 4.79 Å². The number of benzene rings is 1. The van der Waals surface area contributed by atoms with Crippen LogP contribution in [0.3, 0.4) is 0 Å². The van der Waals surface area contributed by atoms with Gasteiger partial charge in [0.25, 0.3) is 5.91 Å². The van der Waals surface area contributed by atoms with Crippen LogP contribution in [0.25, 0.3) is 11.0 Å². The maximum atomic E-state index is 12.3. The van der Waals surface area contributed by atoms with Crippen LogP contribution in [-0.2, 0) is 0 Å². The summed E-state index contributed by atoms with van der Waals surface area (Å²) in [5.74, 6) is 0.303. The van der Waals surface area contributed by atoms with Crippen molar-refractivity contribution >= 4 is 28.5 Å². The van der Waals surface area contributed by atoms with Gasteiger partial charge in [0.1, 0.15) is 11.8 Å². The normalized spacial score (nSPS) is 22.9. The molecule has 1 heterocycles. The first-order valence-electron chi connectivity index (χ1n) is 7.14.